The van der Waals surface area contributed by atoms with Crippen molar-refractivity contribution in [2.75, 3.05) is 24.1 Å². The number of nitrogens with one attached hydrogen (secondary N) is 2. The summed E-state index contributed by atoms with van der Waals surface area (Å²) in [5.41, 5.74) is -1.42. The Balaban J connectivity index is 2.78. The van der Waals surface area contributed by atoms with Crippen molar-refractivity contribution < 1.29 is 21.6 Å². The number of unbranched alkanes of at least 4 members (excludes halogenated alkanes) is 1. The lowest BCUT2D eigenvalue weighted by Gasteiger charge is -2.14. The molecule has 0 aromatic heterocycles. The van der Waals surface area contributed by atoms with Crippen molar-refractivity contribution in [3.63, 3.8) is 0 Å². The van der Waals surface area contributed by atoms with Gasteiger partial charge in [-0.05, 0) is 38.6 Å². The first-order valence-corrected chi connectivity index (χ1v) is 7.73. The second-order valence-electron chi connectivity index (χ2n) is 4.27. The van der Waals surface area contributed by atoms with Gasteiger partial charge in [-0.2, -0.15) is 13.2 Å². The van der Waals surface area contributed by atoms with E-state index in [9.17, 15) is 21.6 Å². The third-order valence-electron chi connectivity index (χ3n) is 2.59. The predicted octanol–water partition coefficient (Wildman–Crippen LogP) is 2.45. The van der Waals surface area contributed by atoms with Crippen molar-refractivity contribution in [1.29, 1.82) is 0 Å². The fraction of sp³-hybridized carbons (Fsp3) is 0.500. The van der Waals surface area contributed by atoms with Gasteiger partial charge in [0.05, 0.1) is 17.0 Å². The molecule has 0 saturated carbocycles. The summed E-state index contributed by atoms with van der Waals surface area (Å²) in [6.07, 6.45) is -3.58. The molecule has 1 rings (SSSR count). The normalized spacial score (nSPS) is 12.4. The van der Waals surface area contributed by atoms with Crippen molar-refractivity contribution in [1.82, 2.24) is 5.32 Å². The zero-order valence-electron chi connectivity index (χ0n) is 11.0. The van der Waals surface area contributed by atoms with Gasteiger partial charge in [-0.1, -0.05) is 12.1 Å². The average molecular weight is 310 g/mol. The fourth-order valence-electron chi connectivity index (χ4n) is 1.63. The summed E-state index contributed by atoms with van der Waals surface area (Å²) in [6, 6.07) is 4.52. The molecule has 0 spiro atoms. The fourth-order valence-corrected chi connectivity index (χ4v) is 2.83. The smallest absolute Gasteiger partial charge is 0.320 e. The number of benzene rings is 1. The molecule has 0 aliphatic carbocycles. The molecule has 1 aromatic rings. The number of para-hydroxylation sites is 1. The monoisotopic (exact) mass is 310 g/mol. The van der Waals surface area contributed by atoms with Crippen molar-refractivity contribution in [2.24, 2.45) is 0 Å². The number of sulfonamides is 1. The molecule has 2 N–H and O–H groups in total. The van der Waals surface area contributed by atoms with E-state index in [0.717, 1.165) is 12.1 Å². The molecule has 0 radical (unpaired) electrons. The highest BCUT2D eigenvalue weighted by Crippen LogP contribution is 2.34. The minimum atomic E-state index is -4.59. The first kappa shape index (κ1) is 16.8. The number of hydrogen-bond acceptors (Lipinski definition) is 3. The average Bonchev–Trinajstić information content (AvgIpc) is 2.33. The largest absolute Gasteiger partial charge is 0.418 e. The SMILES string of the molecule is CNCCCCS(=O)(=O)Nc1ccccc1C(F)(F)F. The molecule has 0 bridgehead atoms. The predicted molar refractivity (Wildman–Crippen MR) is 72.0 cm³/mol. The molecule has 20 heavy (non-hydrogen) atoms. The van der Waals surface area contributed by atoms with Crippen LogP contribution in [0.15, 0.2) is 24.3 Å². The summed E-state index contributed by atoms with van der Waals surface area (Å²) in [6.45, 7) is 0.661. The van der Waals surface area contributed by atoms with Crippen LogP contribution in [0.1, 0.15) is 18.4 Å². The van der Waals surface area contributed by atoms with Crippen LogP contribution in [-0.4, -0.2) is 27.8 Å². The maximum Gasteiger partial charge on any atom is 0.418 e. The molecule has 0 saturated heterocycles. The van der Waals surface area contributed by atoms with Crippen LogP contribution in [0.2, 0.25) is 0 Å². The van der Waals surface area contributed by atoms with Gasteiger partial charge in [-0.15, -0.1) is 0 Å². The highest BCUT2D eigenvalue weighted by atomic mass is 32.2. The Kier molecular flexibility index (Phi) is 5.82. The second-order valence-corrected chi connectivity index (χ2v) is 6.12. The molecule has 1 aromatic carbocycles. The van der Waals surface area contributed by atoms with Crippen LogP contribution < -0.4 is 10.0 Å². The molecule has 0 atom stereocenters. The van der Waals surface area contributed by atoms with E-state index in [1.807, 2.05) is 4.72 Å². The van der Waals surface area contributed by atoms with E-state index in [-0.39, 0.29) is 5.75 Å². The molecular weight excluding hydrogens is 293 g/mol. The van der Waals surface area contributed by atoms with Gasteiger partial charge in [-0.25, -0.2) is 8.42 Å². The highest BCUT2D eigenvalue weighted by Gasteiger charge is 2.34. The Morgan fingerprint density at radius 3 is 2.40 bits per heavy atom. The van der Waals surface area contributed by atoms with E-state index < -0.39 is 27.5 Å². The molecular formula is C12H17F3N2O2S. The van der Waals surface area contributed by atoms with Gasteiger partial charge in [0.25, 0.3) is 0 Å². The number of alkyl halides is 3. The molecule has 0 amide bonds. The summed E-state index contributed by atoms with van der Waals surface area (Å²) in [4.78, 5) is 0. The summed E-state index contributed by atoms with van der Waals surface area (Å²) >= 11 is 0. The molecule has 0 fully saturated rings. The van der Waals surface area contributed by atoms with Crippen LogP contribution >= 0.6 is 0 Å². The van der Waals surface area contributed by atoms with Crippen LogP contribution in [0.4, 0.5) is 18.9 Å². The molecule has 0 aliphatic heterocycles. The molecule has 8 heteroatoms. The summed E-state index contributed by atoms with van der Waals surface area (Å²) < 4.78 is 63.7. The van der Waals surface area contributed by atoms with Crippen molar-refractivity contribution in [3.05, 3.63) is 29.8 Å². The van der Waals surface area contributed by atoms with Crippen LogP contribution in [0.3, 0.4) is 0 Å². The molecule has 114 valence electrons. The summed E-state index contributed by atoms with van der Waals surface area (Å²) in [5, 5.41) is 2.87. The van der Waals surface area contributed by atoms with E-state index in [2.05, 4.69) is 5.32 Å². The highest BCUT2D eigenvalue weighted by molar-refractivity contribution is 7.92. The van der Waals surface area contributed by atoms with Gasteiger partial charge in [0.15, 0.2) is 0 Å². The molecule has 4 nitrogen and oxygen atoms in total. The van der Waals surface area contributed by atoms with Gasteiger partial charge in [0.1, 0.15) is 0 Å². The zero-order chi connectivity index (χ0) is 15.2. The van der Waals surface area contributed by atoms with Gasteiger partial charge in [0, 0.05) is 0 Å². The van der Waals surface area contributed by atoms with Crippen LogP contribution in [0.5, 0.6) is 0 Å². The Labute approximate surface area is 116 Å². The van der Waals surface area contributed by atoms with Gasteiger partial charge >= 0.3 is 6.18 Å². The lowest BCUT2D eigenvalue weighted by molar-refractivity contribution is -0.136. The van der Waals surface area contributed by atoms with E-state index >= 15 is 0 Å². The van der Waals surface area contributed by atoms with Gasteiger partial charge in [-0.3, -0.25) is 4.72 Å². The van der Waals surface area contributed by atoms with Crippen LogP contribution in [0, 0.1) is 0 Å². The number of hydrogen-bond donors (Lipinski definition) is 2. The first-order valence-electron chi connectivity index (χ1n) is 6.07. The number of anilines is 1. The van der Waals surface area contributed by atoms with Crippen LogP contribution in [-0.2, 0) is 16.2 Å². The summed E-state index contributed by atoms with van der Waals surface area (Å²) in [7, 11) is -2.03. The van der Waals surface area contributed by atoms with Crippen molar-refractivity contribution in [2.45, 2.75) is 19.0 Å². The minimum Gasteiger partial charge on any atom is -0.320 e. The van der Waals surface area contributed by atoms with Crippen molar-refractivity contribution >= 4 is 15.7 Å². The van der Waals surface area contributed by atoms with Crippen molar-refractivity contribution in [3.8, 4) is 0 Å². The molecule has 0 heterocycles. The van der Waals surface area contributed by atoms with E-state index in [1.54, 1.807) is 7.05 Å². The first-order chi connectivity index (χ1) is 9.26. The number of rotatable bonds is 7. The lowest BCUT2D eigenvalue weighted by atomic mass is 10.2. The van der Waals surface area contributed by atoms with E-state index in [4.69, 9.17) is 0 Å². The quantitative estimate of drug-likeness (QED) is 0.761. The van der Waals surface area contributed by atoms with E-state index in [1.165, 1.54) is 12.1 Å². The lowest BCUT2D eigenvalue weighted by Crippen LogP contribution is -2.20. The molecule has 0 unspecified atom stereocenters. The standard InChI is InChI=1S/C12H17F3N2O2S/c1-16-8-4-5-9-20(18,19)17-11-7-3-2-6-10(11)12(13,14)15/h2-3,6-7,16-17H,4-5,8-9H2,1H3. The Morgan fingerprint density at radius 1 is 1.15 bits per heavy atom. The van der Waals surface area contributed by atoms with Crippen LogP contribution in [0.25, 0.3) is 0 Å². The topological polar surface area (TPSA) is 58.2 Å². The zero-order valence-corrected chi connectivity index (χ0v) is 11.8. The van der Waals surface area contributed by atoms with Gasteiger partial charge < -0.3 is 5.32 Å². The van der Waals surface area contributed by atoms with E-state index in [0.29, 0.717) is 19.4 Å². The Morgan fingerprint density at radius 2 is 1.80 bits per heavy atom. The third-order valence-corrected chi connectivity index (χ3v) is 3.94. The third kappa shape index (κ3) is 5.38. The minimum absolute atomic E-state index is 0.207. The second kappa shape index (κ2) is 6.94. The summed E-state index contributed by atoms with van der Waals surface area (Å²) in [5.74, 6) is -0.207. The van der Waals surface area contributed by atoms with Gasteiger partial charge in [0.2, 0.25) is 10.0 Å². The Bertz CT molecular complexity index is 530. The number of halogens is 3. The Hall–Kier alpha value is -1.28. The maximum atomic E-state index is 12.7. The maximum absolute atomic E-state index is 12.7. The molecule has 0 aliphatic rings.